The number of ketones is 1. The molecule has 6 nitrogen and oxygen atoms in total. The number of nitrogens with zero attached hydrogens (tertiary/aromatic N) is 1. The largest absolute Gasteiger partial charge is 0.481 e. The molecular weight excluding hydrogens is 493 g/mol. The zero-order valence-corrected chi connectivity index (χ0v) is 20.1. The Morgan fingerprint density at radius 3 is 2.39 bits per heavy atom. The molecule has 10 heteroatoms. The van der Waals surface area contributed by atoms with Crippen LogP contribution in [0.15, 0.2) is 53.9 Å². The number of benzene rings is 2. The molecule has 0 bridgehead atoms. The summed E-state index contributed by atoms with van der Waals surface area (Å²) in [6.07, 6.45) is -4.07. The standard InChI is InChI=1S/C26H25F3N2O4S/c27-26(28,29)18-9-7-17(8-10-18)15-31(13-3-6-23(33)34)24(35)25(11-12-30-25)14-21(32)20-16-36-22-5-2-1-4-19(20)22/h1-2,4-5,7-10,16,30H,3,6,11-15H2,(H,33,34). The monoisotopic (exact) mass is 518 g/mol. The van der Waals surface area contributed by atoms with E-state index in [0.717, 1.165) is 22.2 Å². The van der Waals surface area contributed by atoms with Crippen LogP contribution in [-0.2, 0) is 22.3 Å². The van der Waals surface area contributed by atoms with E-state index in [1.54, 1.807) is 5.38 Å². The van der Waals surface area contributed by atoms with Crippen molar-refractivity contribution in [1.82, 2.24) is 10.2 Å². The summed E-state index contributed by atoms with van der Waals surface area (Å²) in [6, 6.07) is 12.1. The van der Waals surface area contributed by atoms with Crippen molar-refractivity contribution >= 4 is 39.1 Å². The van der Waals surface area contributed by atoms with E-state index >= 15 is 0 Å². The van der Waals surface area contributed by atoms with Crippen LogP contribution in [0.5, 0.6) is 0 Å². The number of nitrogens with one attached hydrogen (secondary N) is 1. The SMILES string of the molecule is O=C(O)CCCN(Cc1ccc(C(F)(F)F)cc1)C(=O)C1(CC(=O)c2csc3ccccc23)CCN1. The molecule has 1 aromatic heterocycles. The number of thiophene rings is 1. The second-order valence-corrected chi connectivity index (χ2v) is 9.83. The molecule has 2 aromatic carbocycles. The highest BCUT2D eigenvalue weighted by molar-refractivity contribution is 7.17. The fourth-order valence-corrected chi connectivity index (χ4v) is 5.36. The quantitative estimate of drug-likeness (QED) is 0.364. The number of Topliss-reactive ketones (excluding diaryl/α,β-unsaturated/α-hetero) is 1. The molecule has 3 aromatic rings. The minimum absolute atomic E-state index is 0.00952. The number of hydrogen-bond donors (Lipinski definition) is 2. The van der Waals surface area contributed by atoms with Gasteiger partial charge in [-0.05, 0) is 43.1 Å². The van der Waals surface area contributed by atoms with Crippen LogP contribution in [-0.4, -0.2) is 46.3 Å². The number of hydrogen-bond acceptors (Lipinski definition) is 5. The van der Waals surface area contributed by atoms with Crippen molar-refractivity contribution in [3.8, 4) is 0 Å². The molecule has 1 aliphatic heterocycles. The van der Waals surface area contributed by atoms with Crippen molar-refractivity contribution in [2.75, 3.05) is 13.1 Å². The smallest absolute Gasteiger partial charge is 0.416 e. The first-order valence-corrected chi connectivity index (χ1v) is 12.4. The lowest BCUT2D eigenvalue weighted by Crippen LogP contribution is -2.66. The van der Waals surface area contributed by atoms with Crippen LogP contribution in [0.25, 0.3) is 10.1 Å². The van der Waals surface area contributed by atoms with Gasteiger partial charge in [0.25, 0.3) is 0 Å². The normalized spacial score (nSPS) is 17.5. The number of carboxylic acid groups (broad SMARTS) is 1. The van der Waals surface area contributed by atoms with E-state index in [9.17, 15) is 27.6 Å². The minimum atomic E-state index is -4.47. The van der Waals surface area contributed by atoms with Gasteiger partial charge in [0.05, 0.1) is 5.56 Å². The predicted molar refractivity (Wildman–Crippen MR) is 130 cm³/mol. The van der Waals surface area contributed by atoms with Gasteiger partial charge in [-0.1, -0.05) is 30.3 Å². The van der Waals surface area contributed by atoms with Crippen LogP contribution >= 0.6 is 11.3 Å². The molecule has 0 spiro atoms. The van der Waals surface area contributed by atoms with Gasteiger partial charge in [-0.15, -0.1) is 11.3 Å². The fraction of sp³-hybridized carbons (Fsp3) is 0.346. The number of alkyl halides is 3. The average Bonchev–Trinajstić information content (AvgIpc) is 3.24. The molecule has 36 heavy (non-hydrogen) atoms. The van der Waals surface area contributed by atoms with Gasteiger partial charge in [-0.3, -0.25) is 14.4 Å². The maximum Gasteiger partial charge on any atom is 0.416 e. The summed E-state index contributed by atoms with van der Waals surface area (Å²) in [7, 11) is 0. The molecule has 0 radical (unpaired) electrons. The van der Waals surface area contributed by atoms with Gasteiger partial charge < -0.3 is 15.3 Å². The van der Waals surface area contributed by atoms with Crippen molar-refractivity contribution in [1.29, 1.82) is 0 Å². The topological polar surface area (TPSA) is 86.7 Å². The Balaban J connectivity index is 1.54. The average molecular weight is 519 g/mol. The van der Waals surface area contributed by atoms with Crippen LogP contribution in [0.2, 0.25) is 0 Å². The van der Waals surface area contributed by atoms with Crippen molar-refractivity contribution in [2.24, 2.45) is 0 Å². The second-order valence-electron chi connectivity index (χ2n) is 8.92. The lowest BCUT2D eigenvalue weighted by Gasteiger charge is -2.44. The molecule has 1 aliphatic rings. The number of fused-ring (bicyclic) bond motifs is 1. The third-order valence-electron chi connectivity index (χ3n) is 6.43. The third kappa shape index (κ3) is 5.60. The lowest BCUT2D eigenvalue weighted by atomic mass is 9.80. The molecule has 2 heterocycles. The van der Waals surface area contributed by atoms with E-state index in [1.165, 1.54) is 28.4 Å². The maximum absolute atomic E-state index is 13.7. The number of aliphatic carboxylic acids is 1. The Labute approximate surface area is 209 Å². The Morgan fingerprint density at radius 2 is 1.78 bits per heavy atom. The number of halogens is 3. The third-order valence-corrected chi connectivity index (χ3v) is 7.39. The lowest BCUT2D eigenvalue weighted by molar-refractivity contribution is -0.143. The Morgan fingerprint density at radius 1 is 1.08 bits per heavy atom. The van der Waals surface area contributed by atoms with Gasteiger partial charge in [-0.2, -0.15) is 13.2 Å². The van der Waals surface area contributed by atoms with Gasteiger partial charge in [-0.25, -0.2) is 0 Å². The molecule has 1 unspecified atom stereocenters. The van der Waals surface area contributed by atoms with Crippen LogP contribution in [0.4, 0.5) is 13.2 Å². The zero-order chi connectivity index (χ0) is 25.9. The molecule has 2 N–H and O–H groups in total. The van der Waals surface area contributed by atoms with Gasteiger partial charge in [0.1, 0.15) is 5.54 Å². The number of carboxylic acids is 1. The van der Waals surface area contributed by atoms with Crippen molar-refractivity contribution in [2.45, 2.75) is 43.9 Å². The minimum Gasteiger partial charge on any atom is -0.481 e. The molecule has 1 atom stereocenters. The molecule has 1 amide bonds. The molecule has 1 fully saturated rings. The highest BCUT2D eigenvalue weighted by Crippen LogP contribution is 2.33. The summed E-state index contributed by atoms with van der Waals surface area (Å²) in [5.41, 5.74) is -0.886. The highest BCUT2D eigenvalue weighted by atomic mass is 32.1. The van der Waals surface area contributed by atoms with E-state index in [4.69, 9.17) is 5.11 Å². The van der Waals surface area contributed by atoms with E-state index in [0.29, 0.717) is 24.1 Å². The fourth-order valence-electron chi connectivity index (χ4n) is 4.39. The molecule has 190 valence electrons. The van der Waals surface area contributed by atoms with Crippen LogP contribution in [0.3, 0.4) is 0 Å². The van der Waals surface area contributed by atoms with Crippen molar-refractivity contribution < 1.29 is 32.7 Å². The van der Waals surface area contributed by atoms with Crippen LogP contribution in [0, 0.1) is 0 Å². The molecular formula is C26H25F3N2O4S. The first-order chi connectivity index (χ1) is 17.1. The van der Waals surface area contributed by atoms with Gasteiger partial charge in [0, 0.05) is 47.0 Å². The van der Waals surface area contributed by atoms with E-state index in [-0.39, 0.29) is 44.0 Å². The van der Waals surface area contributed by atoms with Crippen molar-refractivity contribution in [3.05, 3.63) is 70.6 Å². The Kier molecular flexibility index (Phi) is 7.46. The van der Waals surface area contributed by atoms with Crippen LogP contribution in [0.1, 0.15) is 47.2 Å². The number of rotatable bonds is 10. The van der Waals surface area contributed by atoms with E-state index in [1.807, 2.05) is 24.3 Å². The summed E-state index contributed by atoms with van der Waals surface area (Å²) >= 11 is 1.45. The molecule has 4 rings (SSSR count). The van der Waals surface area contributed by atoms with Gasteiger partial charge in [0.15, 0.2) is 5.78 Å². The summed E-state index contributed by atoms with van der Waals surface area (Å²) < 4.78 is 39.8. The Hall–Kier alpha value is -3.24. The molecule has 0 aliphatic carbocycles. The number of amides is 1. The first-order valence-electron chi connectivity index (χ1n) is 11.5. The number of carbonyl (C=O) groups excluding carboxylic acids is 2. The Bertz CT molecular complexity index is 1270. The maximum atomic E-state index is 13.7. The van der Waals surface area contributed by atoms with E-state index < -0.39 is 23.2 Å². The van der Waals surface area contributed by atoms with Crippen molar-refractivity contribution in [3.63, 3.8) is 0 Å². The zero-order valence-electron chi connectivity index (χ0n) is 19.3. The van der Waals surface area contributed by atoms with E-state index in [2.05, 4.69) is 5.32 Å². The summed E-state index contributed by atoms with van der Waals surface area (Å²) in [5.74, 6) is -1.53. The highest BCUT2D eigenvalue weighted by Gasteiger charge is 2.47. The van der Waals surface area contributed by atoms with Gasteiger partial charge in [0.2, 0.25) is 5.91 Å². The predicted octanol–water partition coefficient (Wildman–Crippen LogP) is 5.12. The second kappa shape index (κ2) is 10.4. The van der Waals surface area contributed by atoms with Gasteiger partial charge >= 0.3 is 12.1 Å². The molecule has 1 saturated heterocycles. The number of carbonyl (C=O) groups is 3. The van der Waals surface area contributed by atoms with Crippen LogP contribution < -0.4 is 5.32 Å². The summed E-state index contributed by atoms with van der Waals surface area (Å²) in [4.78, 5) is 39.4. The summed E-state index contributed by atoms with van der Waals surface area (Å²) in [6.45, 7) is 0.660. The summed E-state index contributed by atoms with van der Waals surface area (Å²) in [5, 5.41) is 14.8. The first kappa shape index (κ1) is 25.8. The molecule has 0 saturated carbocycles.